The third kappa shape index (κ3) is 7.01. The molecule has 4 N–H and O–H groups in total. The molecule has 1 aromatic rings. The summed E-state index contributed by atoms with van der Waals surface area (Å²) in [6.07, 6.45) is 2.19. The minimum Gasteiger partial charge on any atom is -0.480 e. The summed E-state index contributed by atoms with van der Waals surface area (Å²) in [5.74, 6) is -2.49. The van der Waals surface area contributed by atoms with E-state index in [0.717, 1.165) is 5.56 Å². The lowest BCUT2D eigenvalue weighted by Crippen LogP contribution is -2.45. The van der Waals surface area contributed by atoms with E-state index in [1.807, 2.05) is 36.6 Å². The van der Waals surface area contributed by atoms with Crippen molar-refractivity contribution >= 4 is 29.5 Å². The van der Waals surface area contributed by atoms with E-state index in [9.17, 15) is 19.5 Å². The van der Waals surface area contributed by atoms with Crippen molar-refractivity contribution in [1.29, 1.82) is 0 Å². The van der Waals surface area contributed by atoms with Gasteiger partial charge in [0.05, 0.1) is 5.92 Å². The lowest BCUT2D eigenvalue weighted by Gasteiger charge is -2.20. The predicted octanol–water partition coefficient (Wildman–Crippen LogP) is 1.06. The summed E-state index contributed by atoms with van der Waals surface area (Å²) in [5, 5.41) is 20.4. The lowest BCUT2D eigenvalue weighted by molar-refractivity contribution is -0.143. The van der Waals surface area contributed by atoms with Gasteiger partial charge in [0.25, 0.3) is 0 Å². The molecule has 0 heterocycles. The van der Waals surface area contributed by atoms with Crippen LogP contribution in [0, 0.1) is 5.92 Å². The van der Waals surface area contributed by atoms with E-state index in [2.05, 4.69) is 5.32 Å². The van der Waals surface area contributed by atoms with Crippen LogP contribution in [0.1, 0.15) is 18.4 Å². The van der Waals surface area contributed by atoms with Crippen LogP contribution in [0.25, 0.3) is 0 Å². The van der Waals surface area contributed by atoms with E-state index in [1.54, 1.807) is 0 Å². The van der Waals surface area contributed by atoms with Crippen LogP contribution in [0.5, 0.6) is 0 Å². The molecule has 132 valence electrons. The number of hydroxylamine groups is 1. The maximum absolute atomic E-state index is 12.4. The molecule has 0 fully saturated rings. The molecular weight excluding hydrogens is 332 g/mol. The number of nitrogens with one attached hydrogen (secondary N) is 2. The molecule has 1 rings (SSSR count). The highest BCUT2D eigenvalue weighted by Crippen LogP contribution is 2.14. The van der Waals surface area contributed by atoms with Crippen LogP contribution >= 0.6 is 11.8 Å². The normalized spacial score (nSPS) is 12.9. The van der Waals surface area contributed by atoms with Gasteiger partial charge in [-0.25, -0.2) is 10.3 Å². The fraction of sp³-hybridized carbons (Fsp3) is 0.438. The largest absolute Gasteiger partial charge is 0.480 e. The molecule has 0 aliphatic rings. The average molecular weight is 354 g/mol. The molecule has 0 spiro atoms. The number of rotatable bonds is 10. The molecule has 0 aromatic heterocycles. The van der Waals surface area contributed by atoms with Gasteiger partial charge in [-0.1, -0.05) is 30.3 Å². The quantitative estimate of drug-likeness (QED) is 0.369. The zero-order valence-electron chi connectivity index (χ0n) is 13.4. The van der Waals surface area contributed by atoms with Gasteiger partial charge in [0.15, 0.2) is 0 Å². The Balaban J connectivity index is 2.81. The summed E-state index contributed by atoms with van der Waals surface area (Å²) in [4.78, 5) is 35.1. The molecule has 0 saturated carbocycles. The van der Waals surface area contributed by atoms with E-state index >= 15 is 0 Å². The molecule has 0 radical (unpaired) electrons. The van der Waals surface area contributed by atoms with Crippen LogP contribution in [0.15, 0.2) is 30.3 Å². The number of hydrogen-bond acceptors (Lipinski definition) is 5. The highest BCUT2D eigenvalue weighted by atomic mass is 32.2. The summed E-state index contributed by atoms with van der Waals surface area (Å²) < 4.78 is 0. The van der Waals surface area contributed by atoms with E-state index in [0.29, 0.717) is 12.2 Å². The summed E-state index contributed by atoms with van der Waals surface area (Å²) in [6.45, 7) is 0. The molecule has 7 nitrogen and oxygen atoms in total. The van der Waals surface area contributed by atoms with Crippen molar-refractivity contribution in [3.8, 4) is 0 Å². The smallest absolute Gasteiger partial charge is 0.326 e. The molecular formula is C16H22N2O5S. The standard InChI is InChI=1S/C16H22N2O5S/c1-24-8-7-13(16(21)22)17-15(20)12(10-14(19)18-23)9-11-5-3-2-4-6-11/h2-6,12-13,23H,7-10H2,1H3,(H,17,20)(H,18,19)(H,21,22)/t12-,13-/m1/s1. The zero-order chi connectivity index (χ0) is 17.9. The topological polar surface area (TPSA) is 116 Å². The third-order valence-electron chi connectivity index (χ3n) is 3.48. The minimum atomic E-state index is -1.11. The van der Waals surface area contributed by atoms with E-state index < -0.39 is 29.7 Å². The second-order valence-electron chi connectivity index (χ2n) is 5.31. The van der Waals surface area contributed by atoms with Gasteiger partial charge in [-0.15, -0.1) is 0 Å². The average Bonchev–Trinajstić information content (AvgIpc) is 2.58. The van der Waals surface area contributed by atoms with Gasteiger partial charge in [0.2, 0.25) is 11.8 Å². The Hall–Kier alpha value is -2.06. The first-order valence-corrected chi connectivity index (χ1v) is 8.86. The highest BCUT2D eigenvalue weighted by Gasteiger charge is 2.27. The van der Waals surface area contributed by atoms with Crippen LogP contribution in [-0.2, 0) is 20.8 Å². The van der Waals surface area contributed by atoms with Crippen LogP contribution in [0.4, 0.5) is 0 Å². The SMILES string of the molecule is CSCC[C@@H](NC(=O)[C@@H](CC(=O)NO)Cc1ccccc1)C(=O)O. The number of carbonyl (C=O) groups is 3. The maximum Gasteiger partial charge on any atom is 0.326 e. The van der Waals surface area contributed by atoms with Crippen LogP contribution < -0.4 is 10.8 Å². The summed E-state index contributed by atoms with van der Waals surface area (Å²) in [5.41, 5.74) is 2.35. The Kier molecular flexibility index (Phi) is 8.88. The first-order chi connectivity index (χ1) is 11.5. The Morgan fingerprint density at radius 3 is 2.42 bits per heavy atom. The van der Waals surface area contributed by atoms with Crippen LogP contribution in [-0.4, -0.2) is 46.1 Å². The van der Waals surface area contributed by atoms with Crippen molar-refractivity contribution in [3.05, 3.63) is 35.9 Å². The van der Waals surface area contributed by atoms with Crippen molar-refractivity contribution in [2.75, 3.05) is 12.0 Å². The zero-order valence-corrected chi connectivity index (χ0v) is 14.2. The Labute approximate surface area is 144 Å². The molecule has 0 aliphatic heterocycles. The van der Waals surface area contributed by atoms with Gasteiger partial charge in [0.1, 0.15) is 6.04 Å². The van der Waals surface area contributed by atoms with Crippen LogP contribution in [0.2, 0.25) is 0 Å². The Bertz CT molecular complexity index is 553. The summed E-state index contributed by atoms with van der Waals surface area (Å²) in [6, 6.07) is 8.10. The van der Waals surface area contributed by atoms with Gasteiger partial charge in [-0.05, 0) is 30.4 Å². The van der Waals surface area contributed by atoms with Gasteiger partial charge >= 0.3 is 5.97 Å². The van der Waals surface area contributed by atoms with Crippen molar-refractivity contribution < 1.29 is 24.7 Å². The van der Waals surface area contributed by atoms with Crippen LogP contribution in [0.3, 0.4) is 0 Å². The third-order valence-corrected chi connectivity index (χ3v) is 4.12. The van der Waals surface area contributed by atoms with Crippen molar-refractivity contribution in [1.82, 2.24) is 10.8 Å². The first kappa shape index (κ1) is 20.0. The molecule has 0 aliphatic carbocycles. The molecule has 0 unspecified atom stereocenters. The van der Waals surface area contributed by atoms with E-state index in [4.69, 9.17) is 5.21 Å². The van der Waals surface area contributed by atoms with Gasteiger partial charge < -0.3 is 10.4 Å². The maximum atomic E-state index is 12.4. The monoisotopic (exact) mass is 354 g/mol. The number of benzene rings is 1. The fourth-order valence-electron chi connectivity index (χ4n) is 2.21. The number of carbonyl (C=O) groups excluding carboxylic acids is 2. The first-order valence-electron chi connectivity index (χ1n) is 7.47. The number of carboxylic acid groups (broad SMARTS) is 1. The molecule has 0 saturated heterocycles. The molecule has 24 heavy (non-hydrogen) atoms. The Morgan fingerprint density at radius 1 is 1.21 bits per heavy atom. The lowest BCUT2D eigenvalue weighted by atomic mass is 9.94. The fourth-order valence-corrected chi connectivity index (χ4v) is 2.68. The van der Waals surface area contributed by atoms with E-state index in [1.165, 1.54) is 17.2 Å². The molecule has 0 bridgehead atoms. The predicted molar refractivity (Wildman–Crippen MR) is 90.7 cm³/mol. The number of amides is 2. The van der Waals surface area contributed by atoms with Gasteiger partial charge in [0, 0.05) is 6.42 Å². The number of aliphatic carboxylic acids is 1. The molecule has 2 amide bonds. The number of thioether (sulfide) groups is 1. The molecule has 1 aromatic carbocycles. The second kappa shape index (κ2) is 10.7. The van der Waals surface area contributed by atoms with Crippen molar-refractivity contribution in [2.45, 2.75) is 25.3 Å². The second-order valence-corrected chi connectivity index (χ2v) is 6.29. The summed E-state index contributed by atoms with van der Waals surface area (Å²) in [7, 11) is 0. The Morgan fingerprint density at radius 2 is 1.88 bits per heavy atom. The van der Waals surface area contributed by atoms with Gasteiger partial charge in [-0.2, -0.15) is 11.8 Å². The van der Waals surface area contributed by atoms with Crippen molar-refractivity contribution in [2.24, 2.45) is 5.92 Å². The molecule has 2 atom stereocenters. The highest BCUT2D eigenvalue weighted by molar-refractivity contribution is 7.98. The summed E-state index contributed by atoms with van der Waals surface area (Å²) >= 11 is 1.49. The molecule has 8 heteroatoms. The van der Waals surface area contributed by atoms with Gasteiger partial charge in [-0.3, -0.25) is 14.8 Å². The minimum absolute atomic E-state index is 0.230. The number of hydrogen-bond donors (Lipinski definition) is 4. The van der Waals surface area contributed by atoms with Crippen molar-refractivity contribution in [3.63, 3.8) is 0 Å². The van der Waals surface area contributed by atoms with E-state index in [-0.39, 0.29) is 12.8 Å². The number of carboxylic acids is 1.